The van der Waals surface area contributed by atoms with Crippen molar-refractivity contribution in [2.24, 2.45) is 4.99 Å². The topological polar surface area (TPSA) is 135 Å². The van der Waals surface area contributed by atoms with Gasteiger partial charge >= 0.3 is 0 Å². The number of amides is 2. The van der Waals surface area contributed by atoms with Gasteiger partial charge in [0.15, 0.2) is 5.88 Å². The smallest absolute Gasteiger partial charge is 0.261 e. The fourth-order valence-corrected chi connectivity index (χ4v) is 5.86. The normalized spacial score (nSPS) is 11.8. The minimum absolute atomic E-state index is 0.0174. The van der Waals surface area contributed by atoms with Gasteiger partial charge in [0.2, 0.25) is 11.8 Å². The Bertz CT molecular complexity index is 1970. The maximum atomic E-state index is 13.3. The molecule has 0 spiro atoms. The van der Waals surface area contributed by atoms with Gasteiger partial charge in [0.1, 0.15) is 6.54 Å². The van der Waals surface area contributed by atoms with Crippen molar-refractivity contribution in [2.75, 3.05) is 30.3 Å². The molecule has 0 aliphatic carbocycles. The number of rotatable bonds is 10. The summed E-state index contributed by atoms with van der Waals surface area (Å²) in [5, 5.41) is 11.6. The Balaban J connectivity index is 1.58. The molecule has 3 N–H and O–H groups in total. The monoisotopic (exact) mass is 623 g/mol. The number of nitrogens with zero attached hydrogens (tertiary/aromatic N) is 3. The summed E-state index contributed by atoms with van der Waals surface area (Å²) in [4.78, 5) is 35.8. The molecule has 2 amide bonds. The summed E-state index contributed by atoms with van der Waals surface area (Å²) < 4.78 is 29.2. The van der Waals surface area contributed by atoms with Crippen LogP contribution in [0.3, 0.4) is 0 Å². The van der Waals surface area contributed by atoms with Crippen molar-refractivity contribution < 1.29 is 23.1 Å². The number of aromatic nitrogens is 1. The van der Waals surface area contributed by atoms with Crippen molar-refractivity contribution in [2.45, 2.75) is 18.2 Å². The number of carbonyl (C=O) groups is 2. The molecule has 0 aliphatic rings. The van der Waals surface area contributed by atoms with Gasteiger partial charge in [-0.05, 0) is 54.6 Å². The van der Waals surface area contributed by atoms with Crippen LogP contribution < -0.4 is 9.62 Å². The number of hydrogen-bond donors (Lipinski definition) is 3. The number of aliphatic imine (C=N–C) groups is 1. The number of carbonyl (C=O) groups excluding carboxylic acids is 2. The summed E-state index contributed by atoms with van der Waals surface area (Å²) in [6.07, 6.45) is 0.233. The van der Waals surface area contributed by atoms with E-state index in [0.717, 1.165) is 0 Å². The van der Waals surface area contributed by atoms with E-state index in [9.17, 15) is 23.1 Å². The van der Waals surface area contributed by atoms with E-state index in [1.54, 1.807) is 81.7 Å². The SMILES string of the molecule is CCC(=O)N(CC(=O)N(C)C)c1ccc(N=C(c2ccccc2)c2c(O)[nH]c3ccc(S(=O)(=O)Nc4ccccc4)cc23)cc1. The maximum Gasteiger partial charge on any atom is 0.261 e. The predicted octanol–water partition coefficient (Wildman–Crippen LogP) is 5.67. The first-order valence-electron chi connectivity index (χ1n) is 14.2. The van der Waals surface area contributed by atoms with Crippen LogP contribution in [0.4, 0.5) is 17.1 Å². The fraction of sp³-hybridized carbons (Fsp3) is 0.147. The molecule has 0 unspecified atom stereocenters. The molecule has 10 nitrogen and oxygen atoms in total. The van der Waals surface area contributed by atoms with E-state index in [1.807, 2.05) is 30.3 Å². The van der Waals surface area contributed by atoms with Gasteiger partial charge in [0, 0.05) is 48.4 Å². The molecule has 0 atom stereocenters. The first-order valence-corrected chi connectivity index (χ1v) is 15.7. The zero-order chi connectivity index (χ0) is 32.1. The molecule has 0 radical (unpaired) electrons. The number of sulfonamides is 1. The molecular weight excluding hydrogens is 590 g/mol. The highest BCUT2D eigenvalue weighted by molar-refractivity contribution is 7.92. The van der Waals surface area contributed by atoms with Crippen LogP contribution in [0, 0.1) is 0 Å². The van der Waals surface area contributed by atoms with Gasteiger partial charge in [-0.3, -0.25) is 14.3 Å². The largest absolute Gasteiger partial charge is 0.494 e. The summed E-state index contributed by atoms with van der Waals surface area (Å²) in [6.45, 7) is 1.65. The van der Waals surface area contributed by atoms with Crippen LogP contribution >= 0.6 is 0 Å². The van der Waals surface area contributed by atoms with Crippen LogP contribution in [-0.2, 0) is 19.6 Å². The van der Waals surface area contributed by atoms with Gasteiger partial charge in [0.05, 0.1) is 21.9 Å². The number of nitrogens with one attached hydrogen (secondary N) is 2. The van der Waals surface area contributed by atoms with E-state index in [4.69, 9.17) is 4.99 Å². The summed E-state index contributed by atoms with van der Waals surface area (Å²) in [5.41, 5.74) is 3.44. The molecule has 5 rings (SSSR count). The highest BCUT2D eigenvalue weighted by Crippen LogP contribution is 2.34. The van der Waals surface area contributed by atoms with E-state index in [0.29, 0.717) is 44.8 Å². The third-order valence-electron chi connectivity index (χ3n) is 7.17. The summed E-state index contributed by atoms with van der Waals surface area (Å²) in [5.74, 6) is -0.570. The van der Waals surface area contributed by atoms with Crippen molar-refractivity contribution in [3.8, 4) is 5.88 Å². The van der Waals surface area contributed by atoms with E-state index in [1.165, 1.54) is 21.9 Å². The standard InChI is InChI=1S/C34H33N5O5S/c1-4-30(40)39(22-31(41)38(2)3)26-17-15-24(16-18-26)35-33(23-11-7-5-8-12-23)32-28-21-27(19-20-29(28)36-34(32)42)45(43,44)37-25-13-9-6-10-14-25/h5-21,36-37,42H,4,22H2,1-3H3. The van der Waals surface area contributed by atoms with Gasteiger partial charge < -0.3 is 19.9 Å². The molecule has 45 heavy (non-hydrogen) atoms. The minimum Gasteiger partial charge on any atom is -0.494 e. The van der Waals surface area contributed by atoms with Crippen LogP contribution in [-0.4, -0.2) is 61.6 Å². The minimum atomic E-state index is -3.94. The molecule has 5 aromatic rings. The Morgan fingerprint density at radius 3 is 2.13 bits per heavy atom. The van der Waals surface area contributed by atoms with Crippen molar-refractivity contribution >= 4 is 55.5 Å². The van der Waals surface area contributed by atoms with Crippen LogP contribution in [0.5, 0.6) is 5.88 Å². The number of anilines is 2. The Morgan fingerprint density at radius 2 is 1.51 bits per heavy atom. The Hall–Kier alpha value is -5.42. The number of para-hydroxylation sites is 1. The van der Waals surface area contributed by atoms with Crippen LogP contribution in [0.25, 0.3) is 10.9 Å². The number of benzene rings is 4. The van der Waals surface area contributed by atoms with Gasteiger partial charge in [-0.2, -0.15) is 0 Å². The Labute approximate surface area is 261 Å². The lowest BCUT2D eigenvalue weighted by molar-refractivity contribution is -0.129. The Morgan fingerprint density at radius 1 is 0.867 bits per heavy atom. The second kappa shape index (κ2) is 13.1. The molecule has 0 bridgehead atoms. The molecule has 4 aromatic carbocycles. The molecule has 0 saturated heterocycles. The third kappa shape index (κ3) is 6.89. The zero-order valence-electron chi connectivity index (χ0n) is 25.1. The van der Waals surface area contributed by atoms with Crippen molar-refractivity contribution in [3.63, 3.8) is 0 Å². The van der Waals surface area contributed by atoms with Gasteiger partial charge in [0.25, 0.3) is 10.0 Å². The highest BCUT2D eigenvalue weighted by Gasteiger charge is 2.23. The second-order valence-corrected chi connectivity index (χ2v) is 12.2. The lowest BCUT2D eigenvalue weighted by Gasteiger charge is -2.23. The second-order valence-electron chi connectivity index (χ2n) is 10.5. The lowest BCUT2D eigenvalue weighted by Crippen LogP contribution is -2.40. The summed E-state index contributed by atoms with van der Waals surface area (Å²) in [7, 11) is -0.668. The third-order valence-corrected chi connectivity index (χ3v) is 8.55. The van der Waals surface area contributed by atoms with Crippen molar-refractivity contribution in [3.05, 3.63) is 114 Å². The van der Waals surface area contributed by atoms with E-state index in [-0.39, 0.29) is 35.6 Å². The number of aromatic hydroxyl groups is 1. The van der Waals surface area contributed by atoms with Gasteiger partial charge in [-0.1, -0.05) is 55.5 Å². The van der Waals surface area contributed by atoms with E-state index < -0.39 is 10.0 Å². The molecule has 0 saturated carbocycles. The van der Waals surface area contributed by atoms with E-state index in [2.05, 4.69) is 9.71 Å². The number of fused-ring (bicyclic) bond motifs is 1. The van der Waals surface area contributed by atoms with Crippen LogP contribution in [0.1, 0.15) is 24.5 Å². The summed E-state index contributed by atoms with van der Waals surface area (Å²) >= 11 is 0. The Kier molecular flexibility index (Phi) is 9.01. The van der Waals surface area contributed by atoms with Crippen LogP contribution in [0.15, 0.2) is 113 Å². The molecule has 1 heterocycles. The average Bonchev–Trinajstić information content (AvgIpc) is 3.37. The zero-order valence-corrected chi connectivity index (χ0v) is 25.9. The van der Waals surface area contributed by atoms with Crippen molar-refractivity contribution in [1.29, 1.82) is 0 Å². The molecule has 11 heteroatoms. The van der Waals surface area contributed by atoms with Crippen LogP contribution in [0.2, 0.25) is 0 Å². The molecule has 1 aromatic heterocycles. The fourth-order valence-electron chi connectivity index (χ4n) is 4.77. The maximum absolute atomic E-state index is 13.3. The summed E-state index contributed by atoms with van der Waals surface area (Å²) in [6, 6.07) is 29.3. The molecular formula is C34H33N5O5S. The lowest BCUT2D eigenvalue weighted by atomic mass is 10.0. The quantitative estimate of drug-likeness (QED) is 0.172. The molecule has 230 valence electrons. The number of likely N-dealkylation sites (N-methyl/N-ethyl adjacent to an activating group) is 1. The highest BCUT2D eigenvalue weighted by atomic mass is 32.2. The van der Waals surface area contributed by atoms with Gasteiger partial charge in [-0.15, -0.1) is 0 Å². The first-order chi connectivity index (χ1) is 21.6. The first kappa shape index (κ1) is 31.0. The number of H-pyrrole nitrogens is 1. The number of aromatic amines is 1. The predicted molar refractivity (Wildman–Crippen MR) is 177 cm³/mol. The average molecular weight is 624 g/mol. The number of hydrogen-bond acceptors (Lipinski definition) is 6. The van der Waals surface area contributed by atoms with Gasteiger partial charge in [-0.25, -0.2) is 13.4 Å². The van der Waals surface area contributed by atoms with Crippen molar-refractivity contribution in [1.82, 2.24) is 9.88 Å². The molecule has 0 fully saturated rings. The van der Waals surface area contributed by atoms with E-state index >= 15 is 0 Å². The molecule has 0 aliphatic heterocycles.